The van der Waals surface area contributed by atoms with E-state index in [1.165, 1.54) is 6.21 Å². The van der Waals surface area contributed by atoms with Crippen molar-refractivity contribution in [1.82, 2.24) is 5.43 Å². The van der Waals surface area contributed by atoms with Crippen molar-refractivity contribution < 1.29 is 19.4 Å². The lowest BCUT2D eigenvalue weighted by Crippen LogP contribution is -2.29. The van der Waals surface area contributed by atoms with Gasteiger partial charge in [-0.05, 0) is 36.2 Å². The fourth-order valence-corrected chi connectivity index (χ4v) is 1.97. The van der Waals surface area contributed by atoms with E-state index in [0.29, 0.717) is 16.9 Å². The summed E-state index contributed by atoms with van der Waals surface area (Å²) in [5.74, 6) is -1.31. The zero-order valence-corrected chi connectivity index (χ0v) is 13.2. The number of amides is 1. The molecule has 2 rings (SSSR count). The van der Waals surface area contributed by atoms with Crippen LogP contribution in [0, 0.1) is 0 Å². The predicted molar refractivity (Wildman–Crippen MR) is 87.8 cm³/mol. The first-order valence-corrected chi connectivity index (χ1v) is 7.44. The summed E-state index contributed by atoms with van der Waals surface area (Å²) in [4.78, 5) is 22.5. The van der Waals surface area contributed by atoms with Crippen LogP contribution in [0.1, 0.15) is 28.4 Å². The van der Waals surface area contributed by atoms with Crippen molar-refractivity contribution in [3.63, 3.8) is 0 Å². The maximum Gasteiger partial charge on any atom is 0.271 e. The minimum absolute atomic E-state index is 0.331. The molecule has 0 fully saturated rings. The van der Waals surface area contributed by atoms with Gasteiger partial charge in [-0.1, -0.05) is 31.2 Å². The van der Waals surface area contributed by atoms with E-state index in [0.717, 1.165) is 12.0 Å². The molecule has 0 aliphatic rings. The lowest BCUT2D eigenvalue weighted by atomic mass is 10.1. The second-order valence-electron chi connectivity index (χ2n) is 4.95. The van der Waals surface area contributed by atoms with Gasteiger partial charge in [0.1, 0.15) is 12.4 Å². The first-order chi connectivity index (χ1) is 11.6. The molecule has 124 valence electrons. The van der Waals surface area contributed by atoms with E-state index in [4.69, 9.17) is 4.74 Å². The fourth-order valence-electron chi connectivity index (χ4n) is 1.97. The van der Waals surface area contributed by atoms with Gasteiger partial charge in [-0.2, -0.15) is 5.10 Å². The van der Waals surface area contributed by atoms with E-state index in [-0.39, 0.29) is 5.91 Å². The third-order valence-electron chi connectivity index (χ3n) is 3.26. The number of carbonyl (C=O) groups is 2. The zero-order valence-electron chi connectivity index (χ0n) is 13.2. The van der Waals surface area contributed by atoms with Crippen LogP contribution in [0.5, 0.6) is 5.75 Å². The van der Waals surface area contributed by atoms with Gasteiger partial charge in [-0.25, -0.2) is 5.43 Å². The van der Waals surface area contributed by atoms with Crippen LogP contribution in [0.4, 0.5) is 0 Å². The predicted octanol–water partition coefficient (Wildman–Crippen LogP) is 1.14. The number of benzene rings is 2. The Balaban J connectivity index is 2.00. The highest BCUT2D eigenvalue weighted by Gasteiger charge is 2.04. The maximum absolute atomic E-state index is 12.0. The minimum Gasteiger partial charge on any atom is -0.546 e. The second-order valence-corrected chi connectivity index (χ2v) is 4.95. The van der Waals surface area contributed by atoms with Gasteiger partial charge < -0.3 is 14.6 Å². The van der Waals surface area contributed by atoms with Crippen LogP contribution in [0.2, 0.25) is 0 Å². The number of carboxylic acid groups (broad SMARTS) is 1. The quantitative estimate of drug-likeness (QED) is 0.610. The Morgan fingerprint density at radius 1 is 1.17 bits per heavy atom. The molecule has 0 saturated carbocycles. The Bertz CT molecular complexity index is 739. The van der Waals surface area contributed by atoms with Gasteiger partial charge in [0.25, 0.3) is 5.91 Å². The van der Waals surface area contributed by atoms with Crippen LogP contribution in [-0.4, -0.2) is 24.7 Å². The van der Waals surface area contributed by atoms with E-state index < -0.39 is 12.6 Å². The van der Waals surface area contributed by atoms with Crippen molar-refractivity contribution >= 4 is 18.1 Å². The molecule has 0 radical (unpaired) electrons. The van der Waals surface area contributed by atoms with E-state index in [1.807, 2.05) is 19.1 Å². The Labute approximate surface area is 139 Å². The normalized spacial score (nSPS) is 10.5. The van der Waals surface area contributed by atoms with Crippen molar-refractivity contribution in [2.24, 2.45) is 5.10 Å². The van der Waals surface area contributed by atoms with Gasteiger partial charge in [-0.3, -0.25) is 4.79 Å². The number of hydrazone groups is 1. The Morgan fingerprint density at radius 3 is 2.54 bits per heavy atom. The van der Waals surface area contributed by atoms with Crippen molar-refractivity contribution in [1.29, 1.82) is 0 Å². The summed E-state index contributed by atoms with van der Waals surface area (Å²) >= 11 is 0. The van der Waals surface area contributed by atoms with Gasteiger partial charge in [0.05, 0.1) is 12.2 Å². The summed E-state index contributed by atoms with van der Waals surface area (Å²) < 4.78 is 5.10. The average Bonchev–Trinajstić information content (AvgIpc) is 2.60. The highest BCUT2D eigenvalue weighted by molar-refractivity contribution is 5.95. The van der Waals surface area contributed by atoms with Gasteiger partial charge >= 0.3 is 0 Å². The molecule has 0 heterocycles. The SMILES string of the molecule is CCc1ccc(C(=O)N/N=C\c2ccccc2OCC(=O)[O-])cc1. The summed E-state index contributed by atoms with van der Waals surface area (Å²) in [6.07, 6.45) is 2.30. The fraction of sp³-hybridized carbons (Fsp3) is 0.167. The number of carbonyl (C=O) groups excluding carboxylic acids is 2. The number of hydrogen-bond acceptors (Lipinski definition) is 5. The average molecular weight is 325 g/mol. The topological polar surface area (TPSA) is 90.8 Å². The number of carboxylic acids is 1. The smallest absolute Gasteiger partial charge is 0.271 e. The molecular weight excluding hydrogens is 308 g/mol. The van der Waals surface area contributed by atoms with Crippen LogP contribution in [0.25, 0.3) is 0 Å². The number of para-hydroxylation sites is 1. The van der Waals surface area contributed by atoms with E-state index in [9.17, 15) is 14.7 Å². The largest absolute Gasteiger partial charge is 0.546 e. The Morgan fingerprint density at radius 2 is 1.88 bits per heavy atom. The summed E-state index contributed by atoms with van der Waals surface area (Å²) in [5, 5.41) is 14.3. The number of hydrogen-bond donors (Lipinski definition) is 1. The molecular formula is C18H17N2O4-. The number of aliphatic carboxylic acids is 1. The first-order valence-electron chi connectivity index (χ1n) is 7.44. The molecule has 0 atom stereocenters. The molecule has 0 spiro atoms. The Kier molecular flexibility index (Phi) is 6.08. The molecule has 0 aliphatic carbocycles. The molecule has 6 heteroatoms. The van der Waals surface area contributed by atoms with E-state index in [2.05, 4.69) is 10.5 Å². The van der Waals surface area contributed by atoms with Crippen molar-refractivity contribution in [2.45, 2.75) is 13.3 Å². The van der Waals surface area contributed by atoms with Crippen LogP contribution in [0.15, 0.2) is 53.6 Å². The van der Waals surface area contributed by atoms with Gasteiger partial charge in [-0.15, -0.1) is 0 Å². The van der Waals surface area contributed by atoms with Gasteiger partial charge in [0.2, 0.25) is 0 Å². The molecule has 2 aromatic rings. The molecule has 0 aliphatic heterocycles. The maximum atomic E-state index is 12.0. The van der Waals surface area contributed by atoms with Gasteiger partial charge in [0.15, 0.2) is 0 Å². The lowest BCUT2D eigenvalue weighted by Gasteiger charge is -2.09. The molecule has 6 nitrogen and oxygen atoms in total. The third-order valence-corrected chi connectivity index (χ3v) is 3.26. The molecule has 0 bridgehead atoms. The number of aryl methyl sites for hydroxylation is 1. The molecule has 2 aromatic carbocycles. The van der Waals surface area contributed by atoms with E-state index >= 15 is 0 Å². The lowest BCUT2D eigenvalue weighted by molar-refractivity contribution is -0.307. The minimum atomic E-state index is -1.31. The van der Waals surface area contributed by atoms with Crippen molar-refractivity contribution in [3.05, 3.63) is 65.2 Å². The summed E-state index contributed by atoms with van der Waals surface area (Å²) in [6.45, 7) is 1.49. The standard InChI is InChI=1S/C18H18N2O4/c1-2-13-7-9-14(10-8-13)18(23)20-19-11-15-5-3-4-6-16(15)24-12-17(21)22/h3-11H,2,12H2,1H3,(H,20,23)(H,21,22)/p-1/b19-11-. The van der Waals surface area contributed by atoms with Crippen LogP contribution >= 0.6 is 0 Å². The number of nitrogens with one attached hydrogen (secondary N) is 1. The van der Waals surface area contributed by atoms with Crippen molar-refractivity contribution in [3.8, 4) is 5.75 Å². The number of rotatable bonds is 7. The zero-order chi connectivity index (χ0) is 17.4. The van der Waals surface area contributed by atoms with E-state index in [1.54, 1.807) is 36.4 Å². The monoisotopic (exact) mass is 325 g/mol. The van der Waals surface area contributed by atoms with Gasteiger partial charge in [0, 0.05) is 11.1 Å². The summed E-state index contributed by atoms with van der Waals surface area (Å²) in [5.41, 5.74) is 4.62. The van der Waals surface area contributed by atoms with Crippen LogP contribution < -0.4 is 15.3 Å². The van der Waals surface area contributed by atoms with Crippen LogP contribution in [-0.2, 0) is 11.2 Å². The first kappa shape index (κ1) is 17.2. The van der Waals surface area contributed by atoms with Crippen LogP contribution in [0.3, 0.4) is 0 Å². The third kappa shape index (κ3) is 4.95. The number of ether oxygens (including phenoxy) is 1. The second kappa shape index (κ2) is 8.47. The molecule has 0 aromatic heterocycles. The summed E-state index contributed by atoms with van der Waals surface area (Å²) in [6, 6.07) is 14.0. The van der Waals surface area contributed by atoms with Crippen molar-refractivity contribution in [2.75, 3.05) is 6.61 Å². The Hall–Kier alpha value is -3.15. The summed E-state index contributed by atoms with van der Waals surface area (Å²) in [7, 11) is 0. The molecule has 1 N–H and O–H groups in total. The molecule has 24 heavy (non-hydrogen) atoms. The highest BCUT2D eigenvalue weighted by atomic mass is 16.5. The molecule has 0 saturated heterocycles. The molecule has 1 amide bonds. The molecule has 0 unspecified atom stereocenters. The highest BCUT2D eigenvalue weighted by Crippen LogP contribution is 2.15. The number of nitrogens with zero attached hydrogens (tertiary/aromatic N) is 1.